The minimum Gasteiger partial charge on any atom is -0.481 e. The summed E-state index contributed by atoms with van der Waals surface area (Å²) in [7, 11) is 0.983. The first-order valence-electron chi connectivity index (χ1n) is 8.91. The summed E-state index contributed by atoms with van der Waals surface area (Å²) in [5.41, 5.74) is 1.58. The van der Waals surface area contributed by atoms with E-state index in [0.717, 1.165) is 7.11 Å². The van der Waals surface area contributed by atoms with Gasteiger partial charge in [-0.1, -0.05) is 19.1 Å². The van der Waals surface area contributed by atoms with Gasteiger partial charge in [0.2, 0.25) is 0 Å². The molecule has 0 saturated heterocycles. The molecule has 0 fully saturated rings. The Morgan fingerprint density at radius 2 is 1.90 bits per heavy atom. The predicted octanol–water partition coefficient (Wildman–Crippen LogP) is 5.52. The Hall–Kier alpha value is -3.05. The molecule has 154 valence electrons. The Labute approximate surface area is 166 Å². The molecule has 0 saturated carbocycles. The Kier molecular flexibility index (Phi) is 7.23. The fourth-order valence-electron chi connectivity index (χ4n) is 3.09. The number of hydrogen-bond acceptors (Lipinski definition) is 4. The van der Waals surface area contributed by atoms with Gasteiger partial charge in [-0.05, 0) is 48.2 Å². The highest BCUT2D eigenvalue weighted by molar-refractivity contribution is 5.69. The van der Waals surface area contributed by atoms with Crippen LogP contribution in [0.3, 0.4) is 0 Å². The lowest BCUT2D eigenvalue weighted by Crippen LogP contribution is -2.23. The molecule has 0 radical (unpaired) electrons. The fraction of sp³-hybridized carbons (Fsp3) is 0.333. The summed E-state index contributed by atoms with van der Waals surface area (Å²) < 4.78 is 45.1. The monoisotopic (exact) mass is 406 g/mol. The van der Waals surface area contributed by atoms with Crippen molar-refractivity contribution in [3.8, 4) is 6.07 Å². The number of rotatable bonds is 8. The van der Waals surface area contributed by atoms with Crippen molar-refractivity contribution in [1.82, 2.24) is 0 Å². The van der Waals surface area contributed by atoms with Gasteiger partial charge in [-0.2, -0.15) is 18.4 Å². The predicted molar refractivity (Wildman–Crippen MR) is 102 cm³/mol. The van der Waals surface area contributed by atoms with E-state index in [1.807, 2.05) is 13.0 Å². The second-order valence-corrected chi connectivity index (χ2v) is 6.52. The van der Waals surface area contributed by atoms with Gasteiger partial charge in [0.05, 0.1) is 18.1 Å². The molecule has 8 heteroatoms. The summed E-state index contributed by atoms with van der Waals surface area (Å²) in [5, 5.41) is 20.9. The maximum atomic E-state index is 13.5. The zero-order valence-electron chi connectivity index (χ0n) is 16.0. The van der Waals surface area contributed by atoms with E-state index in [-0.39, 0.29) is 23.6 Å². The molecule has 0 aliphatic heterocycles. The largest absolute Gasteiger partial charge is 0.481 e. The van der Waals surface area contributed by atoms with Gasteiger partial charge < -0.3 is 15.2 Å². The van der Waals surface area contributed by atoms with Crippen molar-refractivity contribution < 1.29 is 27.8 Å². The molecule has 0 spiro atoms. The highest BCUT2D eigenvalue weighted by atomic mass is 19.4. The van der Waals surface area contributed by atoms with Gasteiger partial charge in [0, 0.05) is 24.0 Å². The number of anilines is 2. The highest BCUT2D eigenvalue weighted by Crippen LogP contribution is 2.41. The normalized spacial score (nSPS) is 13.4. The summed E-state index contributed by atoms with van der Waals surface area (Å²) in [6.45, 7) is 1.82. The fourth-order valence-corrected chi connectivity index (χ4v) is 3.09. The molecule has 0 aliphatic rings. The van der Waals surface area contributed by atoms with E-state index in [2.05, 4.69) is 5.32 Å². The van der Waals surface area contributed by atoms with E-state index < -0.39 is 18.2 Å². The molecular weight excluding hydrogens is 385 g/mol. The van der Waals surface area contributed by atoms with Gasteiger partial charge in [-0.3, -0.25) is 4.79 Å². The number of halogens is 3. The summed E-state index contributed by atoms with van der Waals surface area (Å²) in [6.07, 6.45) is -6.37. The minimum absolute atomic E-state index is 0.113. The number of nitrogens with one attached hydrogen (secondary N) is 1. The number of carboxylic acids is 1. The van der Waals surface area contributed by atoms with Crippen LogP contribution in [0.1, 0.15) is 48.5 Å². The van der Waals surface area contributed by atoms with Crippen LogP contribution in [0.15, 0.2) is 42.5 Å². The van der Waals surface area contributed by atoms with Gasteiger partial charge in [-0.15, -0.1) is 0 Å². The van der Waals surface area contributed by atoms with Crippen LogP contribution >= 0.6 is 0 Å². The van der Waals surface area contributed by atoms with Crippen LogP contribution in [0.4, 0.5) is 24.5 Å². The molecule has 29 heavy (non-hydrogen) atoms. The number of methoxy groups -OCH3 is 1. The summed E-state index contributed by atoms with van der Waals surface area (Å²) >= 11 is 0. The first-order chi connectivity index (χ1) is 13.7. The molecule has 2 rings (SSSR count). The lowest BCUT2D eigenvalue weighted by molar-refractivity contribution is -0.215. The molecule has 2 N–H and O–H groups in total. The third-order valence-electron chi connectivity index (χ3n) is 4.57. The van der Waals surface area contributed by atoms with Crippen molar-refractivity contribution in [3.63, 3.8) is 0 Å². The van der Waals surface area contributed by atoms with Crippen molar-refractivity contribution in [2.45, 2.75) is 38.0 Å². The van der Waals surface area contributed by atoms with Gasteiger partial charge in [0.15, 0.2) is 6.10 Å². The van der Waals surface area contributed by atoms with Gasteiger partial charge >= 0.3 is 12.1 Å². The van der Waals surface area contributed by atoms with Crippen LogP contribution in [0.5, 0.6) is 0 Å². The summed E-state index contributed by atoms with van der Waals surface area (Å²) in [4.78, 5) is 11.1. The quantitative estimate of drug-likeness (QED) is 0.603. The number of alkyl halides is 3. The maximum absolute atomic E-state index is 13.5. The molecule has 0 aromatic heterocycles. The smallest absolute Gasteiger partial charge is 0.418 e. The molecular formula is C21H21F3N2O3. The van der Waals surface area contributed by atoms with E-state index in [1.165, 1.54) is 18.2 Å². The minimum atomic E-state index is -4.62. The lowest BCUT2D eigenvalue weighted by Gasteiger charge is -2.24. The van der Waals surface area contributed by atoms with Crippen molar-refractivity contribution >= 4 is 17.3 Å². The van der Waals surface area contributed by atoms with Crippen LogP contribution in [-0.2, 0) is 9.53 Å². The number of benzene rings is 2. The molecule has 0 bridgehead atoms. The number of nitrogens with zero attached hydrogens (tertiary/aromatic N) is 1. The molecule has 2 atom stereocenters. The summed E-state index contributed by atoms with van der Waals surface area (Å²) in [6, 6.07) is 12.6. The van der Waals surface area contributed by atoms with Crippen LogP contribution in [-0.4, -0.2) is 24.4 Å². The van der Waals surface area contributed by atoms with E-state index in [9.17, 15) is 18.0 Å². The molecule has 0 amide bonds. The SMILES string of the molecule is CC[C@@H](CC(=O)O)c1ccc([C@H](OC)C(F)(F)F)c(Nc2ccc(C#N)cc2)c1. The van der Waals surface area contributed by atoms with Crippen molar-refractivity contribution in [2.24, 2.45) is 0 Å². The van der Waals surface area contributed by atoms with E-state index in [4.69, 9.17) is 15.1 Å². The molecule has 0 aliphatic carbocycles. The third-order valence-corrected chi connectivity index (χ3v) is 4.57. The number of nitriles is 1. The Morgan fingerprint density at radius 3 is 2.38 bits per heavy atom. The van der Waals surface area contributed by atoms with Crippen molar-refractivity contribution in [2.75, 3.05) is 12.4 Å². The Balaban J connectivity index is 2.52. The molecule has 2 aromatic carbocycles. The second kappa shape index (κ2) is 9.43. The van der Waals surface area contributed by atoms with Gasteiger partial charge in [0.1, 0.15) is 0 Å². The van der Waals surface area contributed by atoms with Crippen LogP contribution < -0.4 is 5.32 Å². The Morgan fingerprint density at radius 1 is 1.24 bits per heavy atom. The Bertz CT molecular complexity index is 890. The third kappa shape index (κ3) is 5.72. The number of hydrogen-bond donors (Lipinski definition) is 2. The van der Waals surface area contributed by atoms with Crippen LogP contribution in [0.2, 0.25) is 0 Å². The van der Waals surface area contributed by atoms with Gasteiger partial charge in [0.25, 0.3) is 0 Å². The van der Waals surface area contributed by atoms with E-state index >= 15 is 0 Å². The average molecular weight is 406 g/mol. The summed E-state index contributed by atoms with van der Waals surface area (Å²) in [5.74, 6) is -1.32. The maximum Gasteiger partial charge on any atom is 0.418 e. The first-order valence-corrected chi connectivity index (χ1v) is 8.91. The molecule has 2 aromatic rings. The number of aliphatic carboxylic acids is 1. The standard InChI is InChI=1S/C21H21F3N2O3/c1-3-14(11-19(27)28)15-6-9-17(20(29-2)21(22,23)24)18(10-15)26-16-7-4-13(12-25)5-8-16/h4-10,14,20,26H,3,11H2,1-2H3,(H,27,28)/t14-,20-/m0/s1. The highest BCUT2D eigenvalue weighted by Gasteiger charge is 2.42. The van der Waals surface area contributed by atoms with Crippen LogP contribution in [0, 0.1) is 11.3 Å². The molecule has 0 heterocycles. The zero-order chi connectivity index (χ0) is 21.6. The van der Waals surface area contributed by atoms with Crippen molar-refractivity contribution in [3.05, 3.63) is 59.2 Å². The van der Waals surface area contributed by atoms with Crippen LogP contribution in [0.25, 0.3) is 0 Å². The van der Waals surface area contributed by atoms with Crippen molar-refractivity contribution in [1.29, 1.82) is 5.26 Å². The molecule has 5 nitrogen and oxygen atoms in total. The zero-order valence-corrected chi connectivity index (χ0v) is 16.0. The van der Waals surface area contributed by atoms with E-state index in [1.54, 1.807) is 24.3 Å². The second-order valence-electron chi connectivity index (χ2n) is 6.52. The first kappa shape index (κ1) is 22.2. The van der Waals surface area contributed by atoms with E-state index in [0.29, 0.717) is 23.2 Å². The molecule has 0 unspecified atom stereocenters. The number of carbonyl (C=O) groups is 1. The number of ether oxygens (including phenoxy) is 1. The van der Waals surface area contributed by atoms with Gasteiger partial charge in [-0.25, -0.2) is 0 Å². The number of carboxylic acid groups (broad SMARTS) is 1. The lowest BCUT2D eigenvalue weighted by atomic mass is 9.91. The topological polar surface area (TPSA) is 82.3 Å². The average Bonchev–Trinajstić information content (AvgIpc) is 2.67.